The van der Waals surface area contributed by atoms with Gasteiger partial charge in [-0.3, -0.25) is 24.6 Å². The predicted molar refractivity (Wildman–Crippen MR) is 94.1 cm³/mol. The Bertz CT molecular complexity index is 832. The number of nitrogens with one attached hydrogen (secondary N) is 2. The molecule has 5 amide bonds. The average molecular weight is 373 g/mol. The fourth-order valence-electron chi connectivity index (χ4n) is 2.41. The molecule has 27 heavy (non-hydrogen) atoms. The van der Waals surface area contributed by atoms with Crippen LogP contribution in [0, 0.1) is 0 Å². The molecule has 1 aliphatic rings. The summed E-state index contributed by atoms with van der Waals surface area (Å²) in [5.74, 6) is -2.66. The first-order valence-electron chi connectivity index (χ1n) is 8.21. The maximum absolute atomic E-state index is 12.3. The number of imide groups is 2. The van der Waals surface area contributed by atoms with Gasteiger partial charge in [0.05, 0.1) is 16.7 Å². The van der Waals surface area contributed by atoms with Gasteiger partial charge in [-0.15, -0.1) is 6.58 Å². The summed E-state index contributed by atoms with van der Waals surface area (Å²) in [6.07, 6.45) is 0.189. The lowest BCUT2D eigenvalue weighted by atomic mass is 10.1. The molecule has 142 valence electrons. The van der Waals surface area contributed by atoms with Crippen molar-refractivity contribution in [1.82, 2.24) is 15.5 Å². The molecule has 1 aromatic rings. The van der Waals surface area contributed by atoms with Crippen LogP contribution in [-0.4, -0.2) is 53.8 Å². The van der Waals surface area contributed by atoms with Gasteiger partial charge in [-0.05, 0) is 32.0 Å². The van der Waals surface area contributed by atoms with Gasteiger partial charge in [0.1, 0.15) is 0 Å². The summed E-state index contributed by atoms with van der Waals surface area (Å²) in [6, 6.07) is 3.23. The Balaban J connectivity index is 2.10. The lowest BCUT2D eigenvalue weighted by Gasteiger charge is -2.13. The van der Waals surface area contributed by atoms with E-state index in [0.717, 1.165) is 4.90 Å². The van der Waals surface area contributed by atoms with Crippen LogP contribution in [-0.2, 0) is 9.53 Å². The lowest BCUT2D eigenvalue weighted by molar-refractivity contribution is -0.127. The monoisotopic (exact) mass is 373 g/mol. The summed E-state index contributed by atoms with van der Waals surface area (Å²) < 4.78 is 5.02. The molecule has 9 heteroatoms. The van der Waals surface area contributed by atoms with Gasteiger partial charge in [0, 0.05) is 13.1 Å². The fourth-order valence-corrected chi connectivity index (χ4v) is 2.41. The van der Waals surface area contributed by atoms with Gasteiger partial charge in [0.25, 0.3) is 17.7 Å². The van der Waals surface area contributed by atoms with E-state index in [9.17, 15) is 24.0 Å². The van der Waals surface area contributed by atoms with Crippen molar-refractivity contribution in [3.8, 4) is 0 Å². The molecule has 1 atom stereocenters. The Kier molecular flexibility index (Phi) is 6.07. The van der Waals surface area contributed by atoms with Crippen molar-refractivity contribution >= 4 is 29.7 Å². The van der Waals surface area contributed by atoms with E-state index in [0.29, 0.717) is 6.54 Å². The smallest absolute Gasteiger partial charge is 0.338 e. The van der Waals surface area contributed by atoms with Crippen LogP contribution in [0.3, 0.4) is 0 Å². The molecule has 0 saturated heterocycles. The van der Waals surface area contributed by atoms with Crippen molar-refractivity contribution in [1.29, 1.82) is 0 Å². The molecule has 0 bridgehead atoms. The number of benzene rings is 1. The number of carbonyl (C=O) groups excluding carboxylic acids is 5. The van der Waals surface area contributed by atoms with Crippen LogP contribution in [0.2, 0.25) is 0 Å². The molecule has 0 aromatic heterocycles. The average Bonchev–Trinajstić information content (AvgIpc) is 2.86. The van der Waals surface area contributed by atoms with Crippen molar-refractivity contribution in [2.75, 3.05) is 13.1 Å². The largest absolute Gasteiger partial charge is 0.449 e. The highest BCUT2D eigenvalue weighted by atomic mass is 16.5. The molecule has 0 radical (unpaired) electrons. The molecule has 1 heterocycles. The summed E-state index contributed by atoms with van der Waals surface area (Å²) >= 11 is 0. The standard InChI is InChI=1S/C18H19N3O6/c1-4-8-21-15(23)12-7-6-11(9-13(12)16(21)24)17(25)27-10(3)14(22)20-18(26)19-5-2/h4,6-7,9-10H,1,5,8H2,2-3H3,(H2,19,20,22,26). The predicted octanol–water partition coefficient (Wildman–Crippen LogP) is 0.860. The molecule has 2 N–H and O–H groups in total. The highest BCUT2D eigenvalue weighted by Gasteiger charge is 2.35. The molecule has 1 aromatic carbocycles. The Labute approximate surface area is 155 Å². The van der Waals surface area contributed by atoms with Crippen LogP contribution in [0.25, 0.3) is 0 Å². The minimum Gasteiger partial charge on any atom is -0.449 e. The Morgan fingerprint density at radius 3 is 2.52 bits per heavy atom. The normalized spacial score (nSPS) is 13.6. The van der Waals surface area contributed by atoms with Crippen molar-refractivity contribution in [3.05, 3.63) is 47.5 Å². The second-order valence-electron chi connectivity index (χ2n) is 5.67. The first-order valence-corrected chi connectivity index (χ1v) is 8.21. The van der Waals surface area contributed by atoms with E-state index in [4.69, 9.17) is 4.74 Å². The second kappa shape index (κ2) is 8.26. The third-order valence-corrected chi connectivity index (χ3v) is 3.75. The summed E-state index contributed by atoms with van der Waals surface area (Å²) in [6.45, 7) is 6.88. The number of amides is 5. The van der Waals surface area contributed by atoms with E-state index >= 15 is 0 Å². The van der Waals surface area contributed by atoms with Gasteiger partial charge in [-0.1, -0.05) is 6.08 Å². The van der Waals surface area contributed by atoms with Crippen LogP contribution in [0.1, 0.15) is 44.9 Å². The molecule has 9 nitrogen and oxygen atoms in total. The molecule has 1 aliphatic heterocycles. The highest BCUT2D eigenvalue weighted by molar-refractivity contribution is 6.22. The van der Waals surface area contributed by atoms with Gasteiger partial charge in [0.15, 0.2) is 6.10 Å². The van der Waals surface area contributed by atoms with Crippen molar-refractivity contribution < 1.29 is 28.7 Å². The van der Waals surface area contributed by atoms with Crippen molar-refractivity contribution in [2.24, 2.45) is 0 Å². The molecule has 1 unspecified atom stereocenters. The lowest BCUT2D eigenvalue weighted by Crippen LogP contribution is -2.44. The third-order valence-electron chi connectivity index (χ3n) is 3.75. The van der Waals surface area contributed by atoms with E-state index in [2.05, 4.69) is 11.9 Å². The van der Waals surface area contributed by atoms with Crippen LogP contribution in [0.4, 0.5) is 4.79 Å². The maximum Gasteiger partial charge on any atom is 0.338 e. The number of rotatable bonds is 6. The number of hydrogen-bond acceptors (Lipinski definition) is 6. The number of urea groups is 1. The fraction of sp³-hybridized carbons (Fsp3) is 0.278. The zero-order valence-electron chi connectivity index (χ0n) is 14.9. The van der Waals surface area contributed by atoms with Gasteiger partial charge < -0.3 is 10.1 Å². The van der Waals surface area contributed by atoms with Crippen LogP contribution in [0.15, 0.2) is 30.9 Å². The number of ether oxygens (including phenoxy) is 1. The Morgan fingerprint density at radius 2 is 1.89 bits per heavy atom. The minimum absolute atomic E-state index is 0.00742. The second-order valence-corrected chi connectivity index (χ2v) is 5.67. The quantitative estimate of drug-likeness (QED) is 0.433. The molecule has 0 fully saturated rings. The Morgan fingerprint density at radius 1 is 1.22 bits per heavy atom. The topological polar surface area (TPSA) is 122 Å². The van der Waals surface area contributed by atoms with Crippen LogP contribution < -0.4 is 10.6 Å². The molecule has 0 saturated carbocycles. The number of carbonyl (C=O) groups is 5. The van der Waals surface area contributed by atoms with Gasteiger partial charge in [-0.25, -0.2) is 9.59 Å². The van der Waals surface area contributed by atoms with Gasteiger partial charge >= 0.3 is 12.0 Å². The summed E-state index contributed by atoms with van der Waals surface area (Å²) in [5.41, 5.74) is 0.268. The van der Waals surface area contributed by atoms with E-state index in [1.165, 1.54) is 31.2 Å². The van der Waals surface area contributed by atoms with Crippen molar-refractivity contribution in [3.63, 3.8) is 0 Å². The van der Waals surface area contributed by atoms with Gasteiger partial charge in [-0.2, -0.15) is 0 Å². The Hall–Kier alpha value is -3.49. The van der Waals surface area contributed by atoms with Crippen LogP contribution >= 0.6 is 0 Å². The van der Waals surface area contributed by atoms with E-state index in [1.807, 2.05) is 5.32 Å². The van der Waals surface area contributed by atoms with E-state index < -0.39 is 35.8 Å². The summed E-state index contributed by atoms with van der Waals surface area (Å²) in [7, 11) is 0. The third kappa shape index (κ3) is 4.20. The van der Waals surface area contributed by atoms with E-state index in [1.54, 1.807) is 6.92 Å². The number of nitrogens with zero attached hydrogens (tertiary/aromatic N) is 1. The zero-order chi connectivity index (χ0) is 20.1. The highest BCUT2D eigenvalue weighted by Crippen LogP contribution is 2.24. The molecule has 2 rings (SSSR count). The number of fused-ring (bicyclic) bond motifs is 1. The molecular formula is C18H19N3O6. The first-order chi connectivity index (χ1) is 12.8. The van der Waals surface area contributed by atoms with Gasteiger partial charge in [0.2, 0.25) is 0 Å². The SMILES string of the molecule is C=CCN1C(=O)c2ccc(C(=O)OC(C)C(=O)NC(=O)NCC)cc2C1=O. The molecule has 0 aliphatic carbocycles. The number of esters is 1. The number of hydrogen-bond donors (Lipinski definition) is 2. The first kappa shape index (κ1) is 19.8. The summed E-state index contributed by atoms with van der Waals surface area (Å²) in [5, 5.41) is 4.41. The zero-order valence-corrected chi connectivity index (χ0v) is 14.9. The van der Waals surface area contributed by atoms with E-state index in [-0.39, 0.29) is 23.2 Å². The molecule has 0 spiro atoms. The van der Waals surface area contributed by atoms with Crippen LogP contribution in [0.5, 0.6) is 0 Å². The summed E-state index contributed by atoms with van der Waals surface area (Å²) in [4.78, 5) is 60.8. The minimum atomic E-state index is -1.23. The maximum atomic E-state index is 12.3. The molecular weight excluding hydrogens is 354 g/mol. The van der Waals surface area contributed by atoms with Crippen molar-refractivity contribution in [2.45, 2.75) is 20.0 Å².